The molecule has 2 aromatic rings. The number of aliphatic hydroxyl groups is 1. The molecule has 4 heteroatoms. The van der Waals surface area contributed by atoms with Crippen molar-refractivity contribution >= 4 is 16.9 Å². The summed E-state index contributed by atoms with van der Waals surface area (Å²) < 4.78 is 0. The quantitative estimate of drug-likeness (QED) is 0.848. The number of hydrogen-bond acceptors (Lipinski definition) is 3. The van der Waals surface area contributed by atoms with Gasteiger partial charge in [0.1, 0.15) is 0 Å². The maximum atomic E-state index is 10.5. The largest absolute Gasteiger partial charge is 0.481 e. The first-order valence-corrected chi connectivity index (χ1v) is 5.33. The van der Waals surface area contributed by atoms with Crippen molar-refractivity contribution < 1.29 is 15.0 Å². The number of aliphatic hydroxyl groups excluding tert-OH is 1. The molecule has 4 nitrogen and oxygen atoms in total. The summed E-state index contributed by atoms with van der Waals surface area (Å²) in [5.41, 5.74) is 2.37. The van der Waals surface area contributed by atoms with Gasteiger partial charge in [-0.15, -0.1) is 0 Å². The average Bonchev–Trinajstić information content (AvgIpc) is 2.27. The van der Waals surface area contributed by atoms with Crippen LogP contribution in [0.1, 0.15) is 23.8 Å². The number of benzene rings is 1. The topological polar surface area (TPSA) is 70.4 Å². The summed E-state index contributed by atoms with van der Waals surface area (Å²) >= 11 is 0. The van der Waals surface area contributed by atoms with Crippen LogP contribution < -0.4 is 0 Å². The Balaban J connectivity index is 2.37. The van der Waals surface area contributed by atoms with Crippen molar-refractivity contribution in [2.24, 2.45) is 0 Å². The molecule has 2 rings (SSSR count). The van der Waals surface area contributed by atoms with Crippen LogP contribution in [-0.2, 0) is 4.79 Å². The monoisotopic (exact) mass is 231 g/mol. The maximum Gasteiger partial charge on any atom is 0.306 e. The standard InChI is InChI=1S/C13H13NO3/c1-8-2-3-9-6-10(4-5-11(9)14-8)12(15)7-13(16)17/h2-6,12,15H,7H2,1H3,(H,16,17)/t12-/m0/s1. The number of pyridine rings is 1. The number of carboxylic acid groups (broad SMARTS) is 1. The van der Waals surface area contributed by atoms with E-state index in [1.54, 1.807) is 18.2 Å². The number of fused-ring (bicyclic) bond motifs is 1. The lowest BCUT2D eigenvalue weighted by Crippen LogP contribution is -2.05. The van der Waals surface area contributed by atoms with E-state index in [0.29, 0.717) is 5.56 Å². The van der Waals surface area contributed by atoms with Crippen molar-refractivity contribution in [1.29, 1.82) is 0 Å². The summed E-state index contributed by atoms with van der Waals surface area (Å²) in [6, 6.07) is 9.07. The van der Waals surface area contributed by atoms with Gasteiger partial charge in [-0.25, -0.2) is 0 Å². The van der Waals surface area contributed by atoms with E-state index in [1.807, 2.05) is 19.1 Å². The third kappa shape index (κ3) is 2.60. The van der Waals surface area contributed by atoms with Gasteiger partial charge in [0.05, 0.1) is 18.0 Å². The van der Waals surface area contributed by atoms with E-state index < -0.39 is 12.1 Å². The summed E-state index contributed by atoms with van der Waals surface area (Å²) in [4.78, 5) is 14.9. The van der Waals surface area contributed by atoms with Crippen LogP contribution in [0, 0.1) is 6.92 Å². The van der Waals surface area contributed by atoms with Crippen LogP contribution in [0.15, 0.2) is 30.3 Å². The van der Waals surface area contributed by atoms with Gasteiger partial charge in [0.2, 0.25) is 0 Å². The molecule has 1 heterocycles. The van der Waals surface area contributed by atoms with Crippen molar-refractivity contribution in [2.45, 2.75) is 19.4 Å². The number of nitrogens with zero attached hydrogens (tertiary/aromatic N) is 1. The molecule has 0 saturated heterocycles. The van der Waals surface area contributed by atoms with E-state index in [0.717, 1.165) is 16.6 Å². The minimum absolute atomic E-state index is 0.287. The van der Waals surface area contributed by atoms with Crippen LogP contribution in [0.3, 0.4) is 0 Å². The molecule has 0 fully saturated rings. The predicted octanol–water partition coefficient (Wildman–Crippen LogP) is 2.05. The first kappa shape index (κ1) is 11.5. The molecule has 0 bridgehead atoms. The van der Waals surface area contributed by atoms with Gasteiger partial charge in [-0.1, -0.05) is 12.1 Å². The number of hydrogen-bond donors (Lipinski definition) is 2. The summed E-state index contributed by atoms with van der Waals surface area (Å²) in [6.07, 6.45) is -1.26. The maximum absolute atomic E-state index is 10.5. The summed E-state index contributed by atoms with van der Waals surface area (Å²) in [7, 11) is 0. The van der Waals surface area contributed by atoms with E-state index >= 15 is 0 Å². The normalized spacial score (nSPS) is 12.6. The fourth-order valence-corrected chi connectivity index (χ4v) is 1.74. The van der Waals surface area contributed by atoms with Crippen molar-refractivity contribution in [3.63, 3.8) is 0 Å². The van der Waals surface area contributed by atoms with E-state index in [1.165, 1.54) is 0 Å². The van der Waals surface area contributed by atoms with Gasteiger partial charge in [-0.3, -0.25) is 9.78 Å². The van der Waals surface area contributed by atoms with Crippen LogP contribution in [-0.4, -0.2) is 21.2 Å². The Hall–Kier alpha value is -1.94. The molecule has 0 amide bonds. The van der Waals surface area contributed by atoms with Gasteiger partial charge < -0.3 is 10.2 Å². The van der Waals surface area contributed by atoms with Gasteiger partial charge in [-0.2, -0.15) is 0 Å². The molecular formula is C13H13NO3. The SMILES string of the molecule is Cc1ccc2cc([C@@H](O)CC(=O)O)ccc2n1. The van der Waals surface area contributed by atoms with E-state index in [2.05, 4.69) is 4.98 Å². The minimum atomic E-state index is -1.01. The highest BCUT2D eigenvalue weighted by Crippen LogP contribution is 2.21. The summed E-state index contributed by atoms with van der Waals surface area (Å²) in [5.74, 6) is -1.01. The molecule has 0 aliphatic heterocycles. The zero-order valence-corrected chi connectivity index (χ0v) is 9.42. The second kappa shape index (κ2) is 4.51. The predicted molar refractivity (Wildman–Crippen MR) is 63.7 cm³/mol. The molecule has 1 atom stereocenters. The molecule has 0 spiro atoms. The fourth-order valence-electron chi connectivity index (χ4n) is 1.74. The van der Waals surface area contributed by atoms with Crippen LogP contribution >= 0.6 is 0 Å². The van der Waals surface area contributed by atoms with E-state index in [4.69, 9.17) is 5.11 Å². The lowest BCUT2D eigenvalue weighted by Gasteiger charge is -2.09. The molecule has 0 aliphatic carbocycles. The molecule has 0 saturated carbocycles. The van der Waals surface area contributed by atoms with Crippen molar-refractivity contribution in [1.82, 2.24) is 4.98 Å². The molecule has 0 unspecified atom stereocenters. The smallest absolute Gasteiger partial charge is 0.306 e. The molecule has 17 heavy (non-hydrogen) atoms. The minimum Gasteiger partial charge on any atom is -0.481 e. The van der Waals surface area contributed by atoms with E-state index in [-0.39, 0.29) is 6.42 Å². The number of carbonyl (C=O) groups is 1. The lowest BCUT2D eigenvalue weighted by molar-refractivity contribution is -0.139. The van der Waals surface area contributed by atoms with Crippen molar-refractivity contribution in [3.8, 4) is 0 Å². The first-order valence-electron chi connectivity index (χ1n) is 5.33. The van der Waals surface area contributed by atoms with Gasteiger partial charge in [0.25, 0.3) is 0 Å². The molecule has 0 aliphatic rings. The zero-order chi connectivity index (χ0) is 12.4. The summed E-state index contributed by atoms with van der Waals surface area (Å²) in [6.45, 7) is 1.91. The van der Waals surface area contributed by atoms with Crippen LogP contribution in [0.5, 0.6) is 0 Å². The van der Waals surface area contributed by atoms with Crippen LogP contribution in [0.2, 0.25) is 0 Å². The highest BCUT2D eigenvalue weighted by molar-refractivity contribution is 5.79. The molecule has 88 valence electrons. The van der Waals surface area contributed by atoms with Gasteiger partial charge in [-0.05, 0) is 30.7 Å². The number of aryl methyl sites for hydroxylation is 1. The Kier molecular flexibility index (Phi) is 3.06. The Labute approximate surface area is 98.5 Å². The Morgan fingerprint density at radius 3 is 2.82 bits per heavy atom. The molecule has 1 aromatic heterocycles. The lowest BCUT2D eigenvalue weighted by atomic mass is 10.0. The van der Waals surface area contributed by atoms with Crippen molar-refractivity contribution in [3.05, 3.63) is 41.6 Å². The number of rotatable bonds is 3. The summed E-state index contributed by atoms with van der Waals surface area (Å²) in [5, 5.41) is 19.2. The van der Waals surface area contributed by atoms with Crippen LogP contribution in [0.4, 0.5) is 0 Å². The second-order valence-corrected chi connectivity index (χ2v) is 4.02. The highest BCUT2D eigenvalue weighted by atomic mass is 16.4. The van der Waals surface area contributed by atoms with Gasteiger partial charge in [0.15, 0.2) is 0 Å². The van der Waals surface area contributed by atoms with Crippen molar-refractivity contribution in [2.75, 3.05) is 0 Å². The number of aliphatic carboxylic acids is 1. The van der Waals surface area contributed by atoms with Gasteiger partial charge in [0, 0.05) is 11.1 Å². The average molecular weight is 231 g/mol. The molecule has 0 radical (unpaired) electrons. The third-order valence-electron chi connectivity index (χ3n) is 2.61. The fraction of sp³-hybridized carbons (Fsp3) is 0.231. The van der Waals surface area contributed by atoms with Gasteiger partial charge >= 0.3 is 5.97 Å². The number of aromatic nitrogens is 1. The molecular weight excluding hydrogens is 218 g/mol. The molecule has 1 aromatic carbocycles. The Morgan fingerprint density at radius 1 is 1.35 bits per heavy atom. The van der Waals surface area contributed by atoms with Crippen LogP contribution in [0.25, 0.3) is 10.9 Å². The zero-order valence-electron chi connectivity index (χ0n) is 9.42. The highest BCUT2D eigenvalue weighted by Gasteiger charge is 2.12. The second-order valence-electron chi connectivity index (χ2n) is 4.02. The Morgan fingerprint density at radius 2 is 2.12 bits per heavy atom. The van der Waals surface area contributed by atoms with E-state index in [9.17, 15) is 9.90 Å². The first-order chi connectivity index (χ1) is 8.06. The number of carboxylic acids is 1. The third-order valence-corrected chi connectivity index (χ3v) is 2.61. The Bertz CT molecular complexity index is 566. The molecule has 2 N–H and O–H groups in total.